The number of H-pyrrole nitrogens is 1. The summed E-state index contributed by atoms with van der Waals surface area (Å²) in [5.41, 5.74) is 1.94. The maximum absolute atomic E-state index is 13.7. The largest absolute Gasteiger partial charge is 0.388 e. The number of amides is 1. The van der Waals surface area contributed by atoms with Crippen LogP contribution in [0.25, 0.3) is 11.0 Å². The molecule has 7 heteroatoms. The van der Waals surface area contributed by atoms with E-state index in [-0.39, 0.29) is 29.6 Å². The van der Waals surface area contributed by atoms with Gasteiger partial charge >= 0.3 is 0 Å². The Balaban J connectivity index is 1.78. The number of nitrogens with zero attached hydrogens (tertiary/aromatic N) is 1. The minimum absolute atomic E-state index is 0.00670. The van der Waals surface area contributed by atoms with Crippen LogP contribution in [0, 0.1) is 5.82 Å². The molecule has 3 aromatic rings. The molecule has 1 heterocycles. The first-order valence-corrected chi connectivity index (χ1v) is 7.27. The van der Waals surface area contributed by atoms with E-state index in [9.17, 15) is 9.18 Å². The van der Waals surface area contributed by atoms with Gasteiger partial charge in [0, 0.05) is 22.7 Å². The van der Waals surface area contributed by atoms with Crippen molar-refractivity contribution >= 4 is 28.5 Å². The van der Waals surface area contributed by atoms with Crippen molar-refractivity contribution < 1.29 is 14.3 Å². The third kappa shape index (κ3) is 3.18. The average molecular weight is 334 g/mol. The van der Waals surface area contributed by atoms with Crippen molar-refractivity contribution in [1.82, 2.24) is 15.3 Å². The summed E-state index contributed by atoms with van der Waals surface area (Å²) in [4.78, 5) is 19.3. The molecule has 5 nitrogen and oxygen atoms in total. The fourth-order valence-corrected chi connectivity index (χ4v) is 2.48. The lowest BCUT2D eigenvalue weighted by Crippen LogP contribution is -2.23. The van der Waals surface area contributed by atoms with E-state index in [0.717, 1.165) is 0 Å². The summed E-state index contributed by atoms with van der Waals surface area (Å²) in [6.07, 6.45) is 0. The summed E-state index contributed by atoms with van der Waals surface area (Å²) in [6, 6.07) is 9.28. The Bertz CT molecular complexity index is 859. The molecule has 0 unspecified atom stereocenters. The quantitative estimate of drug-likeness (QED) is 0.687. The normalized spacial score (nSPS) is 10.9. The highest BCUT2D eigenvalue weighted by atomic mass is 35.5. The highest BCUT2D eigenvalue weighted by Gasteiger charge is 2.11. The first-order valence-electron chi connectivity index (χ1n) is 6.89. The second-order valence-electron chi connectivity index (χ2n) is 4.96. The van der Waals surface area contributed by atoms with Gasteiger partial charge in [0.1, 0.15) is 18.2 Å². The molecular weight excluding hydrogens is 321 g/mol. The van der Waals surface area contributed by atoms with Gasteiger partial charge in [0.25, 0.3) is 5.91 Å². The van der Waals surface area contributed by atoms with Gasteiger partial charge in [-0.1, -0.05) is 17.7 Å². The van der Waals surface area contributed by atoms with Crippen LogP contribution >= 0.6 is 11.6 Å². The summed E-state index contributed by atoms with van der Waals surface area (Å²) >= 11 is 5.93. The number of aliphatic hydroxyl groups excluding tert-OH is 1. The molecule has 0 fully saturated rings. The van der Waals surface area contributed by atoms with E-state index in [1.165, 1.54) is 12.1 Å². The Morgan fingerprint density at radius 1 is 1.35 bits per heavy atom. The van der Waals surface area contributed by atoms with Crippen LogP contribution in [0.15, 0.2) is 36.4 Å². The van der Waals surface area contributed by atoms with Crippen LogP contribution in [0.1, 0.15) is 21.7 Å². The molecule has 3 rings (SSSR count). The number of aromatic amines is 1. The van der Waals surface area contributed by atoms with Gasteiger partial charge in [0.15, 0.2) is 0 Å². The van der Waals surface area contributed by atoms with Gasteiger partial charge in [-0.15, -0.1) is 0 Å². The second-order valence-corrected chi connectivity index (χ2v) is 5.36. The number of imidazole rings is 1. The highest BCUT2D eigenvalue weighted by Crippen LogP contribution is 2.19. The van der Waals surface area contributed by atoms with Crippen molar-refractivity contribution in [2.24, 2.45) is 0 Å². The van der Waals surface area contributed by atoms with Crippen LogP contribution in [-0.2, 0) is 13.2 Å². The van der Waals surface area contributed by atoms with Gasteiger partial charge in [-0.25, -0.2) is 9.37 Å². The number of halogens is 2. The van der Waals surface area contributed by atoms with Crippen molar-refractivity contribution in [3.63, 3.8) is 0 Å². The Hall–Kier alpha value is -2.44. The lowest BCUT2D eigenvalue weighted by molar-refractivity contribution is 0.0950. The zero-order valence-electron chi connectivity index (χ0n) is 11.9. The molecule has 0 saturated heterocycles. The zero-order chi connectivity index (χ0) is 16.4. The van der Waals surface area contributed by atoms with Crippen LogP contribution in [0.3, 0.4) is 0 Å². The Labute approximate surface area is 136 Å². The van der Waals surface area contributed by atoms with Crippen molar-refractivity contribution in [3.05, 3.63) is 64.2 Å². The summed E-state index contributed by atoms with van der Waals surface area (Å²) in [6.45, 7) is -0.213. The predicted molar refractivity (Wildman–Crippen MR) is 84.6 cm³/mol. The van der Waals surface area contributed by atoms with Crippen LogP contribution in [-0.4, -0.2) is 21.0 Å². The molecule has 23 heavy (non-hydrogen) atoms. The maximum Gasteiger partial charge on any atom is 0.251 e. The third-order valence-corrected chi connectivity index (χ3v) is 3.78. The van der Waals surface area contributed by atoms with Gasteiger partial charge in [0.2, 0.25) is 0 Å². The van der Waals surface area contributed by atoms with Crippen molar-refractivity contribution in [2.75, 3.05) is 0 Å². The number of hydrogen-bond donors (Lipinski definition) is 3. The minimum Gasteiger partial charge on any atom is -0.388 e. The first-order chi connectivity index (χ1) is 11.1. The zero-order valence-corrected chi connectivity index (χ0v) is 12.7. The van der Waals surface area contributed by atoms with E-state index in [2.05, 4.69) is 15.3 Å². The van der Waals surface area contributed by atoms with Gasteiger partial charge in [-0.05, 0) is 30.3 Å². The van der Waals surface area contributed by atoms with Gasteiger partial charge in [-0.2, -0.15) is 0 Å². The molecule has 0 saturated carbocycles. The molecule has 0 radical (unpaired) electrons. The fraction of sp³-hybridized carbons (Fsp3) is 0.125. The van der Waals surface area contributed by atoms with Crippen molar-refractivity contribution in [1.29, 1.82) is 0 Å². The Morgan fingerprint density at radius 3 is 2.91 bits per heavy atom. The number of hydrogen-bond acceptors (Lipinski definition) is 3. The molecule has 3 N–H and O–H groups in total. The van der Waals surface area contributed by atoms with Crippen molar-refractivity contribution in [3.8, 4) is 0 Å². The number of aromatic nitrogens is 2. The summed E-state index contributed by atoms with van der Waals surface area (Å²) in [7, 11) is 0. The first kappa shape index (κ1) is 15.5. The van der Waals surface area contributed by atoms with Gasteiger partial charge in [-0.3, -0.25) is 4.79 Å². The maximum atomic E-state index is 13.7. The van der Waals surface area contributed by atoms with Gasteiger partial charge in [0.05, 0.1) is 11.0 Å². The van der Waals surface area contributed by atoms with Crippen molar-refractivity contribution in [2.45, 2.75) is 13.2 Å². The molecule has 0 aliphatic carbocycles. The number of fused-ring (bicyclic) bond motifs is 1. The van der Waals surface area contributed by atoms with Gasteiger partial charge < -0.3 is 15.4 Å². The molecule has 0 aliphatic rings. The number of carbonyl (C=O) groups excluding carboxylic acids is 1. The molecule has 1 amide bonds. The molecular formula is C16H13ClFN3O2. The van der Waals surface area contributed by atoms with E-state index < -0.39 is 5.82 Å². The van der Waals surface area contributed by atoms with Crippen LogP contribution in [0.2, 0.25) is 5.02 Å². The smallest absolute Gasteiger partial charge is 0.251 e. The predicted octanol–water partition coefficient (Wildman–Crippen LogP) is 2.78. The summed E-state index contributed by atoms with van der Waals surface area (Å²) in [5.74, 6) is -0.392. The van der Waals surface area contributed by atoms with Crippen LogP contribution in [0.4, 0.5) is 4.39 Å². The lowest BCUT2D eigenvalue weighted by atomic mass is 10.1. The highest BCUT2D eigenvalue weighted by molar-refractivity contribution is 6.31. The molecule has 2 aromatic carbocycles. The van der Waals surface area contributed by atoms with E-state index in [0.29, 0.717) is 22.4 Å². The van der Waals surface area contributed by atoms with Crippen LogP contribution in [0.5, 0.6) is 0 Å². The molecule has 0 aliphatic heterocycles. The number of nitrogens with one attached hydrogen (secondary N) is 2. The van der Waals surface area contributed by atoms with Crippen LogP contribution < -0.4 is 5.32 Å². The summed E-state index contributed by atoms with van der Waals surface area (Å²) in [5, 5.41) is 12.0. The average Bonchev–Trinajstić information content (AvgIpc) is 2.96. The lowest BCUT2D eigenvalue weighted by Gasteiger charge is -2.08. The fourth-order valence-electron chi connectivity index (χ4n) is 2.25. The van der Waals surface area contributed by atoms with E-state index in [4.69, 9.17) is 16.7 Å². The molecule has 0 spiro atoms. The minimum atomic E-state index is -0.464. The Morgan fingerprint density at radius 2 is 2.17 bits per heavy atom. The number of aliphatic hydroxyl groups is 1. The Kier molecular flexibility index (Phi) is 4.27. The molecule has 1 aromatic heterocycles. The SMILES string of the molecule is O=C(NCc1c(F)cccc1Cl)c1ccc2nc(CO)[nH]c2c1. The number of rotatable bonds is 4. The summed E-state index contributed by atoms with van der Waals surface area (Å²) < 4.78 is 13.7. The van der Waals surface area contributed by atoms with E-state index in [1.807, 2.05) is 0 Å². The third-order valence-electron chi connectivity index (χ3n) is 3.43. The molecule has 118 valence electrons. The number of carbonyl (C=O) groups is 1. The number of benzene rings is 2. The molecule has 0 bridgehead atoms. The van der Waals surface area contributed by atoms with E-state index >= 15 is 0 Å². The standard InChI is InChI=1S/C16H13ClFN3O2/c17-11-2-1-3-12(18)10(11)7-19-16(23)9-4-5-13-14(6-9)21-15(8-22)20-13/h1-6,22H,7-8H2,(H,19,23)(H,20,21). The topological polar surface area (TPSA) is 78.0 Å². The second kappa shape index (κ2) is 6.36. The monoisotopic (exact) mass is 333 g/mol. The van der Waals surface area contributed by atoms with E-state index in [1.54, 1.807) is 24.3 Å². The molecule has 0 atom stereocenters.